The molecule has 1 heterocycles. The summed E-state index contributed by atoms with van der Waals surface area (Å²) in [5, 5.41) is 6.65. The third-order valence-electron chi connectivity index (χ3n) is 4.53. The first-order valence-corrected chi connectivity index (χ1v) is 8.78. The van der Waals surface area contributed by atoms with E-state index in [1.807, 2.05) is 0 Å². The molecule has 0 aromatic heterocycles. The molecule has 0 saturated carbocycles. The number of benzene rings is 1. The Labute approximate surface area is 148 Å². The van der Waals surface area contributed by atoms with Crippen molar-refractivity contribution in [2.75, 3.05) is 32.5 Å². The van der Waals surface area contributed by atoms with Gasteiger partial charge in [-0.2, -0.15) is 0 Å². The van der Waals surface area contributed by atoms with Crippen LogP contribution in [0, 0.1) is 11.8 Å². The van der Waals surface area contributed by atoms with Crippen LogP contribution in [0.2, 0.25) is 5.02 Å². The topological polar surface area (TPSA) is 61.4 Å². The summed E-state index contributed by atoms with van der Waals surface area (Å²) in [6, 6.07) is 5.00. The van der Waals surface area contributed by atoms with Gasteiger partial charge in [-0.15, -0.1) is 0 Å². The second-order valence-electron chi connectivity index (χ2n) is 6.73. The van der Waals surface area contributed by atoms with Gasteiger partial charge in [-0.3, -0.25) is 9.59 Å². The first-order valence-electron chi connectivity index (χ1n) is 8.40. The van der Waals surface area contributed by atoms with E-state index in [4.69, 9.17) is 11.6 Å². The minimum Gasteiger partial charge on any atom is -0.345 e. The predicted octanol–water partition coefficient (Wildman–Crippen LogP) is 3.01. The van der Waals surface area contributed by atoms with E-state index in [2.05, 4.69) is 17.6 Å². The molecule has 1 saturated heterocycles. The predicted molar refractivity (Wildman–Crippen MR) is 97.5 cm³/mol. The van der Waals surface area contributed by atoms with Crippen molar-refractivity contribution in [3.05, 3.63) is 28.8 Å². The van der Waals surface area contributed by atoms with Crippen molar-refractivity contribution in [1.82, 2.24) is 10.2 Å². The van der Waals surface area contributed by atoms with Gasteiger partial charge >= 0.3 is 0 Å². The molecule has 2 rings (SSSR count). The fourth-order valence-corrected chi connectivity index (χ4v) is 3.24. The quantitative estimate of drug-likeness (QED) is 0.857. The molecule has 0 aliphatic carbocycles. The van der Waals surface area contributed by atoms with Crippen LogP contribution >= 0.6 is 11.6 Å². The van der Waals surface area contributed by atoms with Crippen LogP contribution in [0.4, 0.5) is 5.69 Å². The molecule has 0 radical (unpaired) electrons. The van der Waals surface area contributed by atoms with E-state index in [0.717, 1.165) is 13.1 Å². The minimum atomic E-state index is -0.183. The summed E-state index contributed by atoms with van der Waals surface area (Å²) < 4.78 is 0. The fraction of sp³-hybridized carbons (Fsp3) is 0.556. The van der Waals surface area contributed by atoms with Crippen molar-refractivity contribution in [3.8, 4) is 0 Å². The van der Waals surface area contributed by atoms with E-state index < -0.39 is 0 Å². The molecule has 0 bridgehead atoms. The first kappa shape index (κ1) is 18.7. The second kappa shape index (κ2) is 8.49. The monoisotopic (exact) mass is 351 g/mol. The van der Waals surface area contributed by atoms with Crippen LogP contribution in [0.3, 0.4) is 0 Å². The van der Waals surface area contributed by atoms with E-state index >= 15 is 0 Å². The zero-order valence-electron chi connectivity index (χ0n) is 14.6. The Morgan fingerprint density at radius 3 is 2.79 bits per heavy atom. The maximum absolute atomic E-state index is 12.3. The van der Waals surface area contributed by atoms with Crippen LogP contribution < -0.4 is 10.6 Å². The minimum absolute atomic E-state index is 0.0290. The van der Waals surface area contributed by atoms with E-state index in [0.29, 0.717) is 34.5 Å². The highest BCUT2D eigenvalue weighted by molar-refractivity contribution is 6.34. The highest BCUT2D eigenvalue weighted by atomic mass is 35.5. The van der Waals surface area contributed by atoms with Gasteiger partial charge in [0.15, 0.2) is 0 Å². The maximum atomic E-state index is 12.3. The number of hydrogen-bond donors (Lipinski definition) is 2. The Kier molecular flexibility index (Phi) is 6.63. The fourth-order valence-electron chi connectivity index (χ4n) is 3.04. The van der Waals surface area contributed by atoms with Crippen molar-refractivity contribution in [1.29, 1.82) is 0 Å². The van der Waals surface area contributed by atoms with E-state index in [1.54, 1.807) is 32.3 Å². The van der Waals surface area contributed by atoms with E-state index in [9.17, 15) is 9.59 Å². The third kappa shape index (κ3) is 4.95. The number of nitrogens with one attached hydrogen (secondary N) is 2. The Hall–Kier alpha value is -1.59. The largest absolute Gasteiger partial charge is 0.345 e. The molecule has 2 amide bonds. The number of hydrogen-bond acceptors (Lipinski definition) is 3. The van der Waals surface area contributed by atoms with Gasteiger partial charge in [0.1, 0.15) is 0 Å². The molecule has 0 spiro atoms. The number of amides is 2. The van der Waals surface area contributed by atoms with E-state index in [-0.39, 0.29) is 11.8 Å². The lowest BCUT2D eigenvalue weighted by molar-refractivity contribution is -0.117. The van der Waals surface area contributed by atoms with Gasteiger partial charge in [0.05, 0.1) is 10.6 Å². The lowest BCUT2D eigenvalue weighted by atomic mass is 9.85. The average molecular weight is 352 g/mol. The third-order valence-corrected chi connectivity index (χ3v) is 4.86. The summed E-state index contributed by atoms with van der Waals surface area (Å²) in [4.78, 5) is 25.9. The summed E-state index contributed by atoms with van der Waals surface area (Å²) in [5.41, 5.74) is 0.993. The van der Waals surface area contributed by atoms with Gasteiger partial charge in [-0.05, 0) is 56.0 Å². The van der Waals surface area contributed by atoms with Gasteiger partial charge in [0.2, 0.25) is 5.91 Å². The highest BCUT2D eigenvalue weighted by Gasteiger charge is 2.22. The number of nitrogens with zero attached hydrogens (tertiary/aromatic N) is 1. The van der Waals surface area contributed by atoms with Gasteiger partial charge in [-0.1, -0.05) is 18.5 Å². The molecule has 5 nitrogen and oxygen atoms in total. The summed E-state index contributed by atoms with van der Waals surface area (Å²) in [6.45, 7) is 4.18. The highest BCUT2D eigenvalue weighted by Crippen LogP contribution is 2.25. The zero-order valence-corrected chi connectivity index (χ0v) is 15.3. The van der Waals surface area contributed by atoms with Crippen molar-refractivity contribution >= 4 is 29.1 Å². The number of carbonyl (C=O) groups is 2. The smallest absolute Gasteiger partial charge is 0.254 e. The van der Waals surface area contributed by atoms with Crippen LogP contribution in [0.1, 0.15) is 36.5 Å². The lowest BCUT2D eigenvalue weighted by Gasteiger charge is -2.28. The molecule has 2 atom stereocenters. The molecule has 2 N–H and O–H groups in total. The van der Waals surface area contributed by atoms with Gasteiger partial charge in [-0.25, -0.2) is 0 Å². The van der Waals surface area contributed by atoms with Crippen LogP contribution in [-0.4, -0.2) is 43.9 Å². The van der Waals surface area contributed by atoms with Crippen LogP contribution in [-0.2, 0) is 4.79 Å². The molecule has 2 unspecified atom stereocenters. The molecule has 1 aromatic carbocycles. The Morgan fingerprint density at radius 1 is 1.42 bits per heavy atom. The van der Waals surface area contributed by atoms with Gasteiger partial charge in [0.25, 0.3) is 5.91 Å². The normalized spacial score (nSPS) is 18.8. The van der Waals surface area contributed by atoms with Crippen molar-refractivity contribution in [3.63, 3.8) is 0 Å². The number of carbonyl (C=O) groups excluding carboxylic acids is 2. The van der Waals surface area contributed by atoms with Crippen molar-refractivity contribution in [2.24, 2.45) is 11.8 Å². The maximum Gasteiger partial charge on any atom is 0.254 e. The van der Waals surface area contributed by atoms with Gasteiger partial charge in [0, 0.05) is 26.2 Å². The van der Waals surface area contributed by atoms with Crippen molar-refractivity contribution in [2.45, 2.75) is 26.2 Å². The Balaban J connectivity index is 1.98. The van der Waals surface area contributed by atoms with Crippen molar-refractivity contribution < 1.29 is 9.59 Å². The standard InChI is InChI=1S/C18H26ClN3O2/c1-12(13-5-4-8-20-11-13)9-17(23)21-14-6-7-16(19)15(10-14)18(24)22(2)3/h6-7,10,12-13,20H,4-5,8-9,11H2,1-3H3,(H,21,23). The molecule has 1 fully saturated rings. The van der Waals surface area contributed by atoms with Crippen LogP contribution in [0.15, 0.2) is 18.2 Å². The molecule has 1 aliphatic rings. The molecule has 6 heteroatoms. The molecular weight excluding hydrogens is 326 g/mol. The zero-order chi connectivity index (χ0) is 17.7. The summed E-state index contributed by atoms with van der Waals surface area (Å²) in [5.74, 6) is 0.657. The molecule has 1 aromatic rings. The molecular formula is C18H26ClN3O2. The number of anilines is 1. The summed E-state index contributed by atoms with van der Waals surface area (Å²) in [6.07, 6.45) is 2.82. The molecule has 1 aliphatic heterocycles. The van der Waals surface area contributed by atoms with Crippen LogP contribution in [0.25, 0.3) is 0 Å². The Morgan fingerprint density at radius 2 is 2.17 bits per heavy atom. The Bertz CT molecular complexity index is 598. The summed E-state index contributed by atoms with van der Waals surface area (Å²) >= 11 is 6.09. The lowest BCUT2D eigenvalue weighted by Crippen LogP contribution is -2.34. The molecule has 24 heavy (non-hydrogen) atoms. The van der Waals surface area contributed by atoms with Gasteiger partial charge < -0.3 is 15.5 Å². The number of halogens is 1. The molecule has 132 valence electrons. The van der Waals surface area contributed by atoms with E-state index in [1.165, 1.54) is 17.7 Å². The number of piperidine rings is 1. The SMILES string of the molecule is CC(CC(=O)Nc1ccc(Cl)c(C(=O)N(C)C)c1)C1CCCNC1. The second-order valence-corrected chi connectivity index (χ2v) is 7.14. The average Bonchev–Trinajstić information content (AvgIpc) is 2.56. The first-order chi connectivity index (χ1) is 11.4. The number of rotatable bonds is 5. The summed E-state index contributed by atoms with van der Waals surface area (Å²) in [7, 11) is 3.34. The van der Waals surface area contributed by atoms with Crippen LogP contribution in [0.5, 0.6) is 0 Å².